The fourth-order valence-corrected chi connectivity index (χ4v) is 3.25. The molecule has 1 fully saturated rings. The highest BCUT2D eigenvalue weighted by Crippen LogP contribution is 2.39. The number of carbonyl (C=O) groups excluding carboxylic acids is 2. The summed E-state index contributed by atoms with van der Waals surface area (Å²) in [7, 11) is 1.53. The molecule has 0 radical (unpaired) electrons. The van der Waals surface area contributed by atoms with Crippen molar-refractivity contribution in [2.24, 2.45) is 0 Å². The Hall–Kier alpha value is -3.19. The standard InChI is InChI=1S/C21H22N2O5/c1-3-28-16-6-4-5-15(13-16)18-17(19(24)14-7-9-22-10-8-14)20(25)21(26)23(18)11-12-27-2/h4-10,13,18,24H,3,11-12H2,1-2H3/b19-17+. The van der Waals surface area contributed by atoms with Crippen LogP contribution in [-0.4, -0.2) is 53.5 Å². The number of aliphatic hydroxyl groups excluding tert-OH is 1. The molecule has 7 heteroatoms. The van der Waals surface area contributed by atoms with Gasteiger partial charge < -0.3 is 19.5 Å². The van der Waals surface area contributed by atoms with Crippen LogP contribution in [0.15, 0.2) is 54.4 Å². The van der Waals surface area contributed by atoms with Crippen LogP contribution in [0.4, 0.5) is 0 Å². The van der Waals surface area contributed by atoms with Crippen molar-refractivity contribution in [1.82, 2.24) is 9.88 Å². The zero-order valence-corrected chi connectivity index (χ0v) is 15.8. The van der Waals surface area contributed by atoms with Crippen LogP contribution in [0.25, 0.3) is 5.76 Å². The van der Waals surface area contributed by atoms with Crippen molar-refractivity contribution in [1.29, 1.82) is 0 Å². The number of pyridine rings is 1. The van der Waals surface area contributed by atoms with Gasteiger partial charge in [-0.3, -0.25) is 14.6 Å². The first kappa shape index (κ1) is 19.6. The summed E-state index contributed by atoms with van der Waals surface area (Å²) in [5.41, 5.74) is 1.14. The quantitative estimate of drug-likeness (QED) is 0.450. The number of rotatable bonds is 7. The van der Waals surface area contributed by atoms with Crippen molar-refractivity contribution in [2.75, 3.05) is 26.9 Å². The van der Waals surface area contributed by atoms with Crippen LogP contribution >= 0.6 is 0 Å². The fourth-order valence-electron chi connectivity index (χ4n) is 3.25. The molecule has 3 rings (SSSR count). The number of amides is 1. The number of hydrogen-bond donors (Lipinski definition) is 1. The average Bonchev–Trinajstić information content (AvgIpc) is 2.97. The van der Waals surface area contributed by atoms with E-state index in [0.717, 1.165) is 0 Å². The van der Waals surface area contributed by atoms with Crippen molar-refractivity contribution >= 4 is 17.4 Å². The summed E-state index contributed by atoms with van der Waals surface area (Å²) >= 11 is 0. The van der Waals surface area contributed by atoms with Gasteiger partial charge >= 0.3 is 0 Å². The topological polar surface area (TPSA) is 89.0 Å². The van der Waals surface area contributed by atoms with Crippen molar-refractivity contribution in [3.05, 3.63) is 65.5 Å². The van der Waals surface area contributed by atoms with Crippen molar-refractivity contribution in [3.8, 4) is 5.75 Å². The van der Waals surface area contributed by atoms with Gasteiger partial charge in [-0.15, -0.1) is 0 Å². The highest BCUT2D eigenvalue weighted by atomic mass is 16.5. The molecule has 2 aromatic rings. The number of likely N-dealkylation sites (tertiary alicyclic amines) is 1. The molecule has 0 spiro atoms. The molecule has 0 bridgehead atoms. The molecule has 0 saturated carbocycles. The van der Waals surface area contributed by atoms with Gasteiger partial charge in [0.05, 0.1) is 24.8 Å². The number of benzene rings is 1. The first-order chi connectivity index (χ1) is 13.6. The Morgan fingerprint density at radius 1 is 1.21 bits per heavy atom. The number of nitrogens with zero attached hydrogens (tertiary/aromatic N) is 2. The molecule has 7 nitrogen and oxygen atoms in total. The van der Waals surface area contributed by atoms with Crippen LogP contribution in [0, 0.1) is 0 Å². The van der Waals surface area contributed by atoms with E-state index in [1.807, 2.05) is 6.92 Å². The molecule has 1 aliphatic rings. The molecule has 1 aromatic carbocycles. The molecule has 1 saturated heterocycles. The summed E-state index contributed by atoms with van der Waals surface area (Å²) < 4.78 is 10.7. The minimum atomic E-state index is -0.733. The third kappa shape index (κ3) is 3.75. The van der Waals surface area contributed by atoms with E-state index in [9.17, 15) is 14.7 Å². The molecule has 146 valence electrons. The lowest BCUT2D eigenvalue weighted by atomic mass is 9.95. The average molecular weight is 382 g/mol. The minimum Gasteiger partial charge on any atom is -0.507 e. The molecule has 28 heavy (non-hydrogen) atoms. The summed E-state index contributed by atoms with van der Waals surface area (Å²) in [5, 5.41) is 10.8. The third-order valence-corrected chi connectivity index (χ3v) is 4.51. The van der Waals surface area contributed by atoms with E-state index in [0.29, 0.717) is 23.5 Å². The van der Waals surface area contributed by atoms with Crippen molar-refractivity contribution in [3.63, 3.8) is 0 Å². The second-order valence-corrected chi connectivity index (χ2v) is 6.23. The lowest BCUT2D eigenvalue weighted by molar-refractivity contribution is -0.140. The molecular formula is C21H22N2O5. The first-order valence-electron chi connectivity index (χ1n) is 8.99. The molecular weight excluding hydrogens is 360 g/mol. The van der Waals surface area contributed by atoms with Gasteiger partial charge in [0.15, 0.2) is 0 Å². The molecule has 1 amide bonds. The third-order valence-electron chi connectivity index (χ3n) is 4.51. The van der Waals surface area contributed by atoms with Gasteiger partial charge in [-0.05, 0) is 36.8 Å². The molecule has 1 unspecified atom stereocenters. The number of carbonyl (C=O) groups is 2. The Kier molecular flexibility index (Phi) is 6.06. The maximum atomic E-state index is 12.8. The monoisotopic (exact) mass is 382 g/mol. The van der Waals surface area contributed by atoms with Crippen LogP contribution < -0.4 is 4.74 Å². The van der Waals surface area contributed by atoms with Crippen molar-refractivity contribution in [2.45, 2.75) is 13.0 Å². The Morgan fingerprint density at radius 3 is 2.64 bits per heavy atom. The maximum absolute atomic E-state index is 12.8. The summed E-state index contributed by atoms with van der Waals surface area (Å²) in [6.07, 6.45) is 3.03. The van der Waals surface area contributed by atoms with E-state index in [-0.39, 0.29) is 24.5 Å². The van der Waals surface area contributed by atoms with E-state index < -0.39 is 17.7 Å². The first-order valence-corrected chi connectivity index (χ1v) is 8.99. The summed E-state index contributed by atoms with van der Waals surface area (Å²) in [6, 6.07) is 9.62. The lowest BCUT2D eigenvalue weighted by Gasteiger charge is -2.25. The Morgan fingerprint density at radius 2 is 1.96 bits per heavy atom. The molecule has 1 aliphatic heterocycles. The highest BCUT2D eigenvalue weighted by molar-refractivity contribution is 6.46. The van der Waals surface area contributed by atoms with Crippen LogP contribution in [0.2, 0.25) is 0 Å². The highest BCUT2D eigenvalue weighted by Gasteiger charge is 2.45. The number of Topliss-reactive ketones (excluding diaryl/α,β-unsaturated/α-hetero) is 1. The zero-order valence-electron chi connectivity index (χ0n) is 15.8. The zero-order chi connectivity index (χ0) is 20.1. The van der Waals surface area contributed by atoms with E-state index in [1.165, 1.54) is 24.4 Å². The van der Waals surface area contributed by atoms with Gasteiger partial charge in [0.2, 0.25) is 0 Å². The number of ketones is 1. The smallest absolute Gasteiger partial charge is 0.295 e. The number of aromatic nitrogens is 1. The lowest BCUT2D eigenvalue weighted by Crippen LogP contribution is -2.32. The molecule has 2 heterocycles. The minimum absolute atomic E-state index is 0.0425. The molecule has 0 aliphatic carbocycles. The van der Waals surface area contributed by atoms with E-state index in [1.54, 1.807) is 36.4 Å². The van der Waals surface area contributed by atoms with Gasteiger partial charge in [-0.2, -0.15) is 0 Å². The van der Waals surface area contributed by atoms with Crippen LogP contribution in [0.1, 0.15) is 24.1 Å². The second-order valence-electron chi connectivity index (χ2n) is 6.23. The summed E-state index contributed by atoms with van der Waals surface area (Å²) in [4.78, 5) is 30.8. The van der Waals surface area contributed by atoms with Gasteiger partial charge in [0, 0.05) is 31.6 Å². The Labute approximate surface area is 163 Å². The molecule has 1 atom stereocenters. The van der Waals surface area contributed by atoms with E-state index in [4.69, 9.17) is 9.47 Å². The van der Waals surface area contributed by atoms with Gasteiger partial charge in [-0.1, -0.05) is 12.1 Å². The van der Waals surface area contributed by atoms with E-state index in [2.05, 4.69) is 4.98 Å². The largest absolute Gasteiger partial charge is 0.507 e. The maximum Gasteiger partial charge on any atom is 0.295 e. The Balaban J connectivity index is 2.14. The normalized spacial score (nSPS) is 18.5. The number of ether oxygens (including phenoxy) is 2. The summed E-state index contributed by atoms with van der Waals surface area (Å²) in [5.74, 6) is -0.995. The second kappa shape index (κ2) is 8.67. The van der Waals surface area contributed by atoms with Gasteiger partial charge in [0.25, 0.3) is 11.7 Å². The molecule has 1 N–H and O–H groups in total. The van der Waals surface area contributed by atoms with Crippen LogP contribution in [0.3, 0.4) is 0 Å². The fraction of sp³-hybridized carbons (Fsp3) is 0.286. The van der Waals surface area contributed by atoms with E-state index >= 15 is 0 Å². The van der Waals surface area contributed by atoms with Gasteiger partial charge in [0.1, 0.15) is 11.5 Å². The number of hydrogen-bond acceptors (Lipinski definition) is 6. The van der Waals surface area contributed by atoms with Gasteiger partial charge in [-0.25, -0.2) is 0 Å². The van der Waals surface area contributed by atoms with Crippen LogP contribution in [0.5, 0.6) is 5.75 Å². The predicted molar refractivity (Wildman–Crippen MR) is 103 cm³/mol. The Bertz CT molecular complexity index is 895. The predicted octanol–water partition coefficient (Wildman–Crippen LogP) is 2.55. The summed E-state index contributed by atoms with van der Waals surface area (Å²) in [6.45, 7) is 2.85. The van der Waals surface area contributed by atoms with Crippen molar-refractivity contribution < 1.29 is 24.2 Å². The SMILES string of the molecule is CCOc1cccc(C2/C(=C(\O)c3ccncc3)C(=O)C(=O)N2CCOC)c1. The van der Waals surface area contributed by atoms with Crippen LogP contribution in [-0.2, 0) is 14.3 Å². The number of aliphatic hydroxyl groups is 1. The molecule has 1 aromatic heterocycles. The number of methoxy groups -OCH3 is 1.